The summed E-state index contributed by atoms with van der Waals surface area (Å²) in [5.41, 5.74) is 2.06. The summed E-state index contributed by atoms with van der Waals surface area (Å²) in [5.74, 6) is -0.238. The van der Waals surface area contributed by atoms with Gasteiger partial charge in [0, 0.05) is 11.6 Å². The minimum atomic E-state index is -0.516. The molecule has 1 aliphatic heterocycles. The Labute approximate surface area is 205 Å². The van der Waals surface area contributed by atoms with Gasteiger partial charge in [0.25, 0.3) is 11.8 Å². The number of benzene rings is 2. The van der Waals surface area contributed by atoms with Crippen molar-refractivity contribution in [3.63, 3.8) is 0 Å². The normalized spacial score (nSPS) is 15.5. The fourth-order valence-electron chi connectivity index (χ4n) is 4.22. The lowest BCUT2D eigenvalue weighted by molar-refractivity contribution is 0.0728. The third kappa shape index (κ3) is 4.25. The molecular weight excluding hydrogens is 475 g/mol. The van der Waals surface area contributed by atoms with Gasteiger partial charge < -0.3 is 14.2 Å². The van der Waals surface area contributed by atoms with Gasteiger partial charge in [-0.2, -0.15) is 20.0 Å². The maximum absolute atomic E-state index is 14.3. The van der Waals surface area contributed by atoms with Gasteiger partial charge in [0.2, 0.25) is 0 Å². The number of rotatable bonds is 6. The summed E-state index contributed by atoms with van der Waals surface area (Å²) < 4.78 is 25.2. The van der Waals surface area contributed by atoms with Crippen LogP contribution in [0.4, 0.5) is 4.39 Å². The predicted molar refractivity (Wildman–Crippen MR) is 125 cm³/mol. The first-order chi connectivity index (χ1) is 17.0. The Bertz CT molecular complexity index is 1370. The molecule has 0 radical (unpaired) electrons. The second-order valence-corrected chi connectivity index (χ2v) is 8.51. The lowest BCUT2D eigenvalue weighted by Gasteiger charge is -2.23. The highest BCUT2D eigenvalue weighted by molar-refractivity contribution is 6.31. The molecule has 4 aromatic rings. The second kappa shape index (κ2) is 9.46. The van der Waals surface area contributed by atoms with Crippen LogP contribution in [-0.4, -0.2) is 49.1 Å². The van der Waals surface area contributed by atoms with Crippen molar-refractivity contribution in [2.24, 2.45) is 0 Å². The molecule has 0 N–H and O–H groups in total. The number of aromatic nitrogens is 5. The number of carbonyl (C=O) groups is 1. The molecule has 0 bridgehead atoms. The molecule has 35 heavy (non-hydrogen) atoms. The minimum absolute atomic E-state index is 0.0511. The van der Waals surface area contributed by atoms with E-state index in [1.165, 1.54) is 10.9 Å². The summed E-state index contributed by atoms with van der Waals surface area (Å²) in [4.78, 5) is 21.3. The molecule has 11 heteroatoms. The van der Waals surface area contributed by atoms with Crippen LogP contribution in [-0.2, 0) is 0 Å². The Kier molecular flexibility index (Phi) is 6.21. The van der Waals surface area contributed by atoms with Gasteiger partial charge in [-0.25, -0.2) is 4.39 Å². The number of para-hydroxylation sites is 1. The fourth-order valence-corrected chi connectivity index (χ4v) is 4.39. The van der Waals surface area contributed by atoms with E-state index in [4.69, 9.17) is 20.9 Å². The maximum atomic E-state index is 14.3. The van der Waals surface area contributed by atoms with E-state index in [0.29, 0.717) is 40.6 Å². The van der Waals surface area contributed by atoms with Crippen molar-refractivity contribution in [3.8, 4) is 22.9 Å². The zero-order chi connectivity index (χ0) is 24.5. The first-order valence-electron chi connectivity index (χ1n) is 11.2. The van der Waals surface area contributed by atoms with Crippen molar-refractivity contribution in [3.05, 3.63) is 70.5 Å². The highest BCUT2D eigenvalue weighted by atomic mass is 35.5. The molecule has 2 aromatic heterocycles. The minimum Gasteiger partial charge on any atom is -0.490 e. The molecule has 180 valence electrons. The molecule has 1 amide bonds. The molecule has 0 aliphatic carbocycles. The standard InChI is InChI=1S/C24H22ClFN6O3/c1-3-34-21-15(6-4-7-18(21)26)23-29-22(30-35-23)19-8-5-11-31(19)24(33)16-13-17(25)14(2)12-20(16)32-27-9-10-28-32/h4,6-7,9-10,12-13,19H,3,5,8,11H2,1-2H3/t19-/m0/s1. The Morgan fingerprint density at radius 1 is 1.29 bits per heavy atom. The van der Waals surface area contributed by atoms with E-state index >= 15 is 0 Å². The van der Waals surface area contributed by atoms with Gasteiger partial charge in [-0.05, 0) is 56.5 Å². The first kappa shape index (κ1) is 23.0. The van der Waals surface area contributed by atoms with Gasteiger partial charge in [-0.1, -0.05) is 22.8 Å². The van der Waals surface area contributed by atoms with Crippen molar-refractivity contribution >= 4 is 17.5 Å². The molecule has 1 aliphatic rings. The maximum Gasteiger partial charge on any atom is 0.261 e. The lowest BCUT2D eigenvalue weighted by Crippen LogP contribution is -2.32. The van der Waals surface area contributed by atoms with E-state index < -0.39 is 11.9 Å². The number of aryl methyl sites for hydroxylation is 1. The monoisotopic (exact) mass is 496 g/mol. The molecule has 5 rings (SSSR count). The van der Waals surface area contributed by atoms with Crippen LogP contribution in [0.1, 0.15) is 47.6 Å². The number of carbonyl (C=O) groups excluding carboxylic acids is 1. The number of amides is 1. The lowest BCUT2D eigenvalue weighted by atomic mass is 10.1. The Morgan fingerprint density at radius 2 is 2.09 bits per heavy atom. The largest absolute Gasteiger partial charge is 0.490 e. The molecule has 1 saturated heterocycles. The fraction of sp³-hybridized carbons (Fsp3) is 0.292. The Morgan fingerprint density at radius 3 is 2.86 bits per heavy atom. The second-order valence-electron chi connectivity index (χ2n) is 8.10. The van der Waals surface area contributed by atoms with Crippen LogP contribution in [0.25, 0.3) is 17.1 Å². The molecule has 0 saturated carbocycles. The number of ether oxygens (including phenoxy) is 1. The van der Waals surface area contributed by atoms with E-state index in [2.05, 4.69) is 20.3 Å². The topological polar surface area (TPSA) is 99.2 Å². The highest BCUT2D eigenvalue weighted by Gasteiger charge is 2.35. The summed E-state index contributed by atoms with van der Waals surface area (Å²) >= 11 is 6.37. The van der Waals surface area contributed by atoms with E-state index in [-0.39, 0.29) is 24.2 Å². The van der Waals surface area contributed by atoms with Crippen molar-refractivity contribution in [1.82, 2.24) is 30.0 Å². The summed E-state index contributed by atoms with van der Waals surface area (Å²) in [7, 11) is 0. The summed E-state index contributed by atoms with van der Waals surface area (Å²) in [5, 5.41) is 13.0. The highest BCUT2D eigenvalue weighted by Crippen LogP contribution is 2.36. The summed E-state index contributed by atoms with van der Waals surface area (Å²) in [6.07, 6.45) is 4.50. The van der Waals surface area contributed by atoms with Crippen LogP contribution in [0.2, 0.25) is 5.02 Å². The smallest absolute Gasteiger partial charge is 0.261 e. The number of nitrogens with zero attached hydrogens (tertiary/aromatic N) is 6. The SMILES string of the molecule is CCOc1c(F)cccc1-c1nc([C@@H]2CCCN2C(=O)c2cc(Cl)c(C)cc2-n2nccn2)no1. The third-order valence-electron chi connectivity index (χ3n) is 5.88. The van der Waals surface area contributed by atoms with Crippen molar-refractivity contribution in [1.29, 1.82) is 0 Å². The summed E-state index contributed by atoms with van der Waals surface area (Å²) in [6.45, 7) is 4.41. The molecular formula is C24H22ClFN6O3. The van der Waals surface area contributed by atoms with E-state index in [1.807, 2.05) is 6.92 Å². The molecule has 1 atom stereocenters. The molecule has 0 spiro atoms. The van der Waals surface area contributed by atoms with Crippen molar-refractivity contribution in [2.45, 2.75) is 32.7 Å². The molecule has 2 aromatic carbocycles. The van der Waals surface area contributed by atoms with Crippen LogP contribution in [0.5, 0.6) is 5.75 Å². The molecule has 9 nitrogen and oxygen atoms in total. The van der Waals surface area contributed by atoms with E-state index in [0.717, 1.165) is 12.0 Å². The zero-order valence-corrected chi connectivity index (χ0v) is 19.9. The number of likely N-dealkylation sites (tertiary alicyclic amines) is 1. The predicted octanol–water partition coefficient (Wildman–Crippen LogP) is 4.79. The van der Waals surface area contributed by atoms with Crippen molar-refractivity contribution in [2.75, 3.05) is 13.2 Å². The number of halogens is 2. The van der Waals surface area contributed by atoms with Crippen LogP contribution in [0, 0.1) is 12.7 Å². The zero-order valence-electron chi connectivity index (χ0n) is 19.1. The van der Waals surface area contributed by atoms with Crippen LogP contribution < -0.4 is 4.74 Å². The van der Waals surface area contributed by atoms with Gasteiger partial charge in [0.05, 0.1) is 41.9 Å². The molecule has 3 heterocycles. The number of hydrogen-bond acceptors (Lipinski definition) is 7. The summed E-state index contributed by atoms with van der Waals surface area (Å²) in [6, 6.07) is 7.52. The van der Waals surface area contributed by atoms with Crippen LogP contribution in [0.3, 0.4) is 0 Å². The van der Waals surface area contributed by atoms with Gasteiger partial charge in [0.1, 0.15) is 0 Å². The van der Waals surface area contributed by atoms with Gasteiger partial charge in [-0.15, -0.1) is 0 Å². The van der Waals surface area contributed by atoms with Crippen LogP contribution in [0.15, 0.2) is 47.2 Å². The quantitative estimate of drug-likeness (QED) is 0.378. The van der Waals surface area contributed by atoms with Crippen molar-refractivity contribution < 1.29 is 18.4 Å². The Balaban J connectivity index is 1.48. The third-order valence-corrected chi connectivity index (χ3v) is 6.29. The molecule has 1 fully saturated rings. The first-order valence-corrected chi connectivity index (χ1v) is 11.6. The molecule has 0 unspecified atom stereocenters. The average Bonchev–Trinajstić information content (AvgIpc) is 3.62. The number of hydrogen-bond donors (Lipinski definition) is 0. The van der Waals surface area contributed by atoms with Crippen LogP contribution >= 0.6 is 11.6 Å². The van der Waals surface area contributed by atoms with E-state index in [9.17, 15) is 9.18 Å². The average molecular weight is 497 g/mol. The van der Waals surface area contributed by atoms with Gasteiger partial charge in [-0.3, -0.25) is 4.79 Å². The van der Waals surface area contributed by atoms with E-state index in [1.54, 1.807) is 48.5 Å². The Hall–Kier alpha value is -3.79. The van der Waals surface area contributed by atoms with Gasteiger partial charge >= 0.3 is 0 Å². The van der Waals surface area contributed by atoms with Gasteiger partial charge in [0.15, 0.2) is 17.4 Å².